The van der Waals surface area contributed by atoms with Crippen molar-refractivity contribution in [3.05, 3.63) is 0 Å². The van der Waals surface area contributed by atoms with Crippen molar-refractivity contribution in [3.8, 4) is 0 Å². The maximum Gasteiger partial charge on any atom is 0.164 e. The largest absolute Gasteiger partial charge is 0.396 e. The molecule has 0 saturated heterocycles. The minimum Gasteiger partial charge on any atom is -0.396 e. The van der Waals surface area contributed by atoms with Crippen molar-refractivity contribution in [3.63, 3.8) is 0 Å². The fourth-order valence-electron chi connectivity index (χ4n) is 2.18. The van der Waals surface area contributed by atoms with Gasteiger partial charge in [0.1, 0.15) is 5.60 Å². The van der Waals surface area contributed by atoms with Gasteiger partial charge >= 0.3 is 0 Å². The summed E-state index contributed by atoms with van der Waals surface area (Å²) in [5, 5.41) is 8.73. The molecular weight excluding hydrogens is 252 g/mol. The summed E-state index contributed by atoms with van der Waals surface area (Å²) >= 11 is 0. The first-order valence-electron chi connectivity index (χ1n) is 8.26. The molecule has 0 spiro atoms. The number of aliphatic hydroxyl groups excluding tert-OH is 1. The number of aliphatic hydroxyl groups is 1. The minimum absolute atomic E-state index is 0.181. The van der Waals surface area contributed by atoms with E-state index in [4.69, 9.17) is 9.84 Å². The van der Waals surface area contributed by atoms with Gasteiger partial charge in [-0.15, -0.1) is 0 Å². The number of ether oxygens (including phenoxy) is 1. The first kappa shape index (κ1) is 19.6. The Bertz CT molecular complexity index is 249. The van der Waals surface area contributed by atoms with Crippen LogP contribution >= 0.6 is 0 Å². The standard InChI is InChI=1S/C17H34O3/c1-5-7-11-15(6-2)14-20-17(3,4)16(19)12-9-8-10-13-18/h15,18H,5-14H2,1-4H3. The highest BCUT2D eigenvalue weighted by molar-refractivity contribution is 5.86. The van der Waals surface area contributed by atoms with Gasteiger partial charge in [0.25, 0.3) is 0 Å². The lowest BCUT2D eigenvalue weighted by Crippen LogP contribution is -2.36. The van der Waals surface area contributed by atoms with Gasteiger partial charge in [-0.25, -0.2) is 0 Å². The van der Waals surface area contributed by atoms with Crippen molar-refractivity contribution < 1.29 is 14.6 Å². The van der Waals surface area contributed by atoms with Crippen LogP contribution < -0.4 is 0 Å². The van der Waals surface area contributed by atoms with Gasteiger partial charge in [-0.2, -0.15) is 0 Å². The van der Waals surface area contributed by atoms with Gasteiger partial charge < -0.3 is 9.84 Å². The number of hydrogen-bond donors (Lipinski definition) is 1. The fraction of sp³-hybridized carbons (Fsp3) is 0.941. The Morgan fingerprint density at radius 3 is 2.40 bits per heavy atom. The zero-order valence-electron chi connectivity index (χ0n) is 13.9. The molecule has 20 heavy (non-hydrogen) atoms. The van der Waals surface area contributed by atoms with Gasteiger partial charge in [0.05, 0.1) is 6.61 Å². The van der Waals surface area contributed by atoms with Gasteiger partial charge in [-0.3, -0.25) is 4.79 Å². The van der Waals surface area contributed by atoms with E-state index in [2.05, 4.69) is 13.8 Å². The van der Waals surface area contributed by atoms with Crippen LogP contribution in [0.15, 0.2) is 0 Å². The molecule has 1 unspecified atom stereocenters. The summed E-state index contributed by atoms with van der Waals surface area (Å²) in [4.78, 5) is 12.2. The maximum atomic E-state index is 12.2. The molecule has 0 bridgehead atoms. The van der Waals surface area contributed by atoms with Crippen molar-refractivity contribution >= 4 is 5.78 Å². The highest BCUT2D eigenvalue weighted by Gasteiger charge is 2.28. The Morgan fingerprint density at radius 2 is 1.85 bits per heavy atom. The Kier molecular flexibility index (Phi) is 11.0. The molecule has 0 aliphatic heterocycles. The van der Waals surface area contributed by atoms with E-state index in [1.54, 1.807) is 0 Å². The van der Waals surface area contributed by atoms with Crippen LogP contribution in [0.2, 0.25) is 0 Å². The third-order valence-corrected chi connectivity index (χ3v) is 3.96. The average Bonchev–Trinajstić information content (AvgIpc) is 2.43. The molecule has 0 radical (unpaired) electrons. The van der Waals surface area contributed by atoms with E-state index < -0.39 is 5.60 Å². The third-order valence-electron chi connectivity index (χ3n) is 3.96. The molecule has 0 aliphatic carbocycles. The summed E-state index contributed by atoms with van der Waals surface area (Å²) in [5.74, 6) is 0.747. The van der Waals surface area contributed by atoms with Crippen LogP contribution in [0.5, 0.6) is 0 Å². The van der Waals surface area contributed by atoms with E-state index in [1.807, 2.05) is 13.8 Å². The Morgan fingerprint density at radius 1 is 1.15 bits per heavy atom. The molecule has 0 rings (SSSR count). The topological polar surface area (TPSA) is 46.5 Å². The van der Waals surface area contributed by atoms with Crippen molar-refractivity contribution in [2.75, 3.05) is 13.2 Å². The van der Waals surface area contributed by atoms with Crippen LogP contribution in [0.4, 0.5) is 0 Å². The molecule has 1 N–H and O–H groups in total. The quantitative estimate of drug-likeness (QED) is 0.518. The van der Waals surface area contributed by atoms with Crippen molar-refractivity contribution in [1.29, 1.82) is 0 Å². The Hall–Kier alpha value is -0.410. The highest BCUT2D eigenvalue weighted by Crippen LogP contribution is 2.20. The molecule has 3 nitrogen and oxygen atoms in total. The number of Topliss-reactive ketones (excluding diaryl/α,β-unsaturated/α-hetero) is 1. The fourth-order valence-corrected chi connectivity index (χ4v) is 2.18. The van der Waals surface area contributed by atoms with Gasteiger partial charge in [0.15, 0.2) is 5.78 Å². The van der Waals surface area contributed by atoms with Crippen molar-refractivity contribution in [2.24, 2.45) is 5.92 Å². The third kappa shape index (κ3) is 8.70. The van der Waals surface area contributed by atoms with Crippen LogP contribution in [-0.4, -0.2) is 29.7 Å². The number of carbonyl (C=O) groups excluding carboxylic acids is 1. The van der Waals surface area contributed by atoms with E-state index in [1.165, 1.54) is 19.3 Å². The highest BCUT2D eigenvalue weighted by atomic mass is 16.5. The monoisotopic (exact) mass is 286 g/mol. The van der Waals surface area contributed by atoms with Crippen molar-refractivity contribution in [1.82, 2.24) is 0 Å². The summed E-state index contributed by atoms with van der Waals surface area (Å²) in [6, 6.07) is 0. The lowest BCUT2D eigenvalue weighted by atomic mass is 9.96. The van der Waals surface area contributed by atoms with Gasteiger partial charge in [0.2, 0.25) is 0 Å². The molecule has 0 aromatic rings. The SMILES string of the molecule is CCCCC(CC)COC(C)(C)C(=O)CCCCCO. The Labute approximate surface area is 125 Å². The molecule has 0 aromatic heterocycles. The lowest BCUT2D eigenvalue weighted by Gasteiger charge is -2.26. The molecule has 0 fully saturated rings. The van der Waals surface area contributed by atoms with Crippen LogP contribution in [-0.2, 0) is 9.53 Å². The second-order valence-corrected chi connectivity index (χ2v) is 6.20. The summed E-state index contributed by atoms with van der Waals surface area (Å²) in [6.07, 6.45) is 7.84. The van der Waals surface area contributed by atoms with E-state index in [9.17, 15) is 4.79 Å². The molecule has 120 valence electrons. The second kappa shape index (κ2) is 11.3. The maximum absolute atomic E-state index is 12.2. The van der Waals surface area contributed by atoms with Crippen LogP contribution in [0.3, 0.4) is 0 Å². The summed E-state index contributed by atoms with van der Waals surface area (Å²) in [5.41, 5.74) is -0.668. The predicted octanol–water partition coefficient (Wildman–Crippen LogP) is 4.12. The second-order valence-electron chi connectivity index (χ2n) is 6.20. The molecule has 0 heterocycles. The van der Waals surface area contributed by atoms with E-state index in [0.717, 1.165) is 25.7 Å². The first-order chi connectivity index (χ1) is 9.47. The molecule has 3 heteroatoms. The summed E-state index contributed by atoms with van der Waals surface area (Å²) < 4.78 is 5.90. The zero-order valence-corrected chi connectivity index (χ0v) is 13.9. The van der Waals surface area contributed by atoms with Crippen LogP contribution in [0, 0.1) is 5.92 Å². The van der Waals surface area contributed by atoms with Gasteiger partial charge in [0, 0.05) is 13.0 Å². The molecular formula is C17H34O3. The average molecular weight is 286 g/mol. The number of carbonyl (C=O) groups is 1. The summed E-state index contributed by atoms with van der Waals surface area (Å²) in [7, 11) is 0. The predicted molar refractivity (Wildman–Crippen MR) is 83.9 cm³/mol. The van der Waals surface area contributed by atoms with Crippen LogP contribution in [0.25, 0.3) is 0 Å². The molecule has 0 saturated carbocycles. The number of unbranched alkanes of at least 4 members (excludes halogenated alkanes) is 3. The van der Waals surface area contributed by atoms with Gasteiger partial charge in [-0.1, -0.05) is 39.5 Å². The number of rotatable bonds is 13. The van der Waals surface area contributed by atoms with Crippen LogP contribution in [0.1, 0.15) is 79.1 Å². The lowest BCUT2D eigenvalue weighted by molar-refractivity contribution is -0.142. The summed E-state index contributed by atoms with van der Waals surface area (Å²) in [6.45, 7) is 9.05. The van der Waals surface area contributed by atoms with E-state index in [-0.39, 0.29) is 12.4 Å². The molecule has 0 aliphatic rings. The number of hydrogen-bond acceptors (Lipinski definition) is 3. The van der Waals surface area contributed by atoms with Gasteiger partial charge in [-0.05, 0) is 39.0 Å². The molecule has 0 aromatic carbocycles. The molecule has 1 atom stereocenters. The number of ketones is 1. The minimum atomic E-state index is -0.668. The smallest absolute Gasteiger partial charge is 0.164 e. The zero-order chi connectivity index (χ0) is 15.4. The normalized spacial score (nSPS) is 13.4. The molecule has 0 amide bonds. The van der Waals surface area contributed by atoms with Crippen molar-refractivity contribution in [2.45, 2.75) is 84.7 Å². The Balaban J connectivity index is 4.04. The van der Waals surface area contributed by atoms with E-state index >= 15 is 0 Å². The van der Waals surface area contributed by atoms with E-state index in [0.29, 0.717) is 18.9 Å². The first-order valence-corrected chi connectivity index (χ1v) is 8.26.